The second-order valence-corrected chi connectivity index (χ2v) is 6.11. The summed E-state index contributed by atoms with van der Waals surface area (Å²) in [6, 6.07) is 8.34. The SMILES string of the molecule is CC.COc1cc(/C=C/C(F)(F)Cc2ccccc2C(=O)O)ccc1OC(F)(F)C(F)F. The number of halogens is 6. The van der Waals surface area contributed by atoms with Crippen LogP contribution in [0.2, 0.25) is 0 Å². The molecule has 0 aliphatic rings. The molecular weight excluding hydrogens is 442 g/mol. The molecule has 0 aliphatic heterocycles. The van der Waals surface area contributed by atoms with Crippen molar-refractivity contribution in [3.8, 4) is 11.5 Å². The molecule has 32 heavy (non-hydrogen) atoms. The first-order valence-electron chi connectivity index (χ1n) is 9.36. The van der Waals surface area contributed by atoms with Crippen LogP contribution in [0.1, 0.15) is 35.3 Å². The van der Waals surface area contributed by atoms with Crippen LogP contribution < -0.4 is 9.47 Å². The number of methoxy groups -OCH3 is 1. The molecule has 176 valence electrons. The lowest BCUT2D eigenvalue weighted by atomic mass is 10.0. The van der Waals surface area contributed by atoms with Gasteiger partial charge < -0.3 is 14.6 Å². The molecule has 0 amide bonds. The van der Waals surface area contributed by atoms with Crippen LogP contribution in [0.4, 0.5) is 26.3 Å². The summed E-state index contributed by atoms with van der Waals surface area (Å²) < 4.78 is 88.0. The Morgan fingerprint density at radius 3 is 2.25 bits per heavy atom. The van der Waals surface area contributed by atoms with Gasteiger partial charge in [-0.25, -0.2) is 13.6 Å². The van der Waals surface area contributed by atoms with Crippen LogP contribution in [-0.4, -0.2) is 36.6 Å². The number of rotatable bonds is 9. The fourth-order valence-corrected chi connectivity index (χ4v) is 2.48. The Hall–Kier alpha value is -3.17. The Morgan fingerprint density at radius 2 is 1.69 bits per heavy atom. The van der Waals surface area contributed by atoms with E-state index in [9.17, 15) is 31.1 Å². The molecule has 1 N–H and O–H groups in total. The summed E-state index contributed by atoms with van der Waals surface area (Å²) in [4.78, 5) is 11.1. The second kappa shape index (κ2) is 11.4. The molecule has 0 atom stereocenters. The van der Waals surface area contributed by atoms with Crippen LogP contribution in [0.15, 0.2) is 48.5 Å². The first-order valence-corrected chi connectivity index (χ1v) is 9.36. The van der Waals surface area contributed by atoms with Gasteiger partial charge in [0.1, 0.15) is 0 Å². The van der Waals surface area contributed by atoms with Gasteiger partial charge in [-0.3, -0.25) is 0 Å². The van der Waals surface area contributed by atoms with Crippen LogP contribution in [0.5, 0.6) is 11.5 Å². The molecule has 0 radical (unpaired) electrons. The van der Waals surface area contributed by atoms with E-state index in [4.69, 9.17) is 9.84 Å². The third-order valence-electron chi connectivity index (χ3n) is 3.88. The molecule has 0 bridgehead atoms. The van der Waals surface area contributed by atoms with Gasteiger partial charge >= 0.3 is 18.5 Å². The van der Waals surface area contributed by atoms with E-state index in [1.54, 1.807) is 0 Å². The second-order valence-electron chi connectivity index (χ2n) is 6.11. The Balaban J connectivity index is 0.00000249. The lowest BCUT2D eigenvalue weighted by Crippen LogP contribution is -2.33. The van der Waals surface area contributed by atoms with Crippen molar-refractivity contribution in [3.63, 3.8) is 0 Å². The number of carboxylic acids is 1. The molecule has 0 heterocycles. The van der Waals surface area contributed by atoms with Crippen molar-refractivity contribution in [1.82, 2.24) is 0 Å². The highest BCUT2D eigenvalue weighted by atomic mass is 19.3. The monoisotopic (exact) mass is 464 g/mol. The fraction of sp³-hybridized carbons (Fsp3) is 0.318. The maximum Gasteiger partial charge on any atom is 0.461 e. The van der Waals surface area contributed by atoms with E-state index in [-0.39, 0.29) is 22.4 Å². The predicted molar refractivity (Wildman–Crippen MR) is 107 cm³/mol. The number of hydrogen-bond acceptors (Lipinski definition) is 3. The Labute approximate surface area is 181 Å². The summed E-state index contributed by atoms with van der Waals surface area (Å²) in [5.74, 6) is -5.83. The highest BCUT2D eigenvalue weighted by Crippen LogP contribution is 2.35. The minimum absolute atomic E-state index is 0.0739. The highest BCUT2D eigenvalue weighted by molar-refractivity contribution is 5.89. The van der Waals surface area contributed by atoms with E-state index >= 15 is 0 Å². The normalized spacial score (nSPS) is 11.8. The maximum atomic E-state index is 14.3. The van der Waals surface area contributed by atoms with Crippen LogP contribution >= 0.6 is 0 Å². The molecule has 10 heteroatoms. The Bertz CT molecular complexity index is 928. The minimum atomic E-state index is -4.75. The smallest absolute Gasteiger partial charge is 0.461 e. The van der Waals surface area contributed by atoms with E-state index in [0.717, 1.165) is 31.4 Å². The number of alkyl halides is 6. The molecule has 4 nitrogen and oxygen atoms in total. The van der Waals surface area contributed by atoms with Crippen LogP contribution in [-0.2, 0) is 6.42 Å². The standard InChI is InChI=1S/C20H16F6O4.C2H6/c1-29-16-10-12(6-7-15(16)30-20(25,26)18(21)22)8-9-19(23,24)11-13-4-2-3-5-14(13)17(27)28;1-2/h2-10,18H,11H2,1H3,(H,27,28);1-2H3/b9-8+;. The number of hydrogen-bond donors (Lipinski definition) is 1. The van der Waals surface area contributed by atoms with Crippen LogP contribution in [0.3, 0.4) is 0 Å². The number of aromatic carboxylic acids is 1. The molecule has 0 saturated carbocycles. The first kappa shape index (κ1) is 26.9. The van der Waals surface area contributed by atoms with Crippen LogP contribution in [0.25, 0.3) is 6.08 Å². The number of carboxylic acid groups (broad SMARTS) is 1. The van der Waals surface area contributed by atoms with Gasteiger partial charge in [-0.05, 0) is 35.4 Å². The first-order chi connectivity index (χ1) is 14.9. The zero-order chi connectivity index (χ0) is 24.5. The van der Waals surface area contributed by atoms with E-state index < -0.39 is 36.6 Å². The number of ether oxygens (including phenoxy) is 2. The largest absolute Gasteiger partial charge is 0.493 e. The summed E-state index contributed by atoms with van der Waals surface area (Å²) in [5, 5.41) is 9.08. The average Bonchev–Trinajstić information content (AvgIpc) is 2.74. The zero-order valence-corrected chi connectivity index (χ0v) is 17.4. The van der Waals surface area contributed by atoms with Gasteiger partial charge in [0, 0.05) is 6.42 Å². The molecular formula is C22H22F6O4. The van der Waals surface area contributed by atoms with E-state index in [1.807, 2.05) is 13.8 Å². The van der Waals surface area contributed by atoms with Crippen LogP contribution in [0, 0.1) is 0 Å². The van der Waals surface area contributed by atoms with Gasteiger partial charge in [0.15, 0.2) is 11.5 Å². The van der Waals surface area contributed by atoms with E-state index in [2.05, 4.69) is 4.74 Å². The van der Waals surface area contributed by atoms with Crippen molar-refractivity contribution in [2.75, 3.05) is 7.11 Å². The molecule has 0 spiro atoms. The quantitative estimate of drug-likeness (QED) is 0.428. The molecule has 2 rings (SSSR count). The summed E-state index contributed by atoms with van der Waals surface area (Å²) >= 11 is 0. The van der Waals surface area contributed by atoms with Gasteiger partial charge in [-0.15, -0.1) is 0 Å². The molecule has 2 aromatic rings. The number of allylic oxidation sites excluding steroid dienone is 1. The molecule has 2 aromatic carbocycles. The third kappa shape index (κ3) is 7.51. The van der Waals surface area contributed by atoms with Crippen molar-refractivity contribution in [2.24, 2.45) is 0 Å². The van der Waals surface area contributed by atoms with Gasteiger partial charge in [-0.1, -0.05) is 44.2 Å². The Kier molecular flexibility index (Phi) is 9.61. The average molecular weight is 464 g/mol. The molecule has 0 aliphatic carbocycles. The van der Waals surface area contributed by atoms with Gasteiger partial charge in [0.25, 0.3) is 5.92 Å². The van der Waals surface area contributed by atoms with Crippen molar-refractivity contribution in [2.45, 2.75) is 38.7 Å². The van der Waals surface area contributed by atoms with Crippen molar-refractivity contribution in [3.05, 3.63) is 65.2 Å². The van der Waals surface area contributed by atoms with E-state index in [1.165, 1.54) is 24.3 Å². The molecule has 0 saturated heterocycles. The topological polar surface area (TPSA) is 55.8 Å². The summed E-state index contributed by atoms with van der Waals surface area (Å²) in [6.45, 7) is 4.00. The van der Waals surface area contributed by atoms with Crippen molar-refractivity contribution in [1.29, 1.82) is 0 Å². The molecule has 0 unspecified atom stereocenters. The van der Waals surface area contributed by atoms with Crippen molar-refractivity contribution < 1.29 is 45.7 Å². The summed E-state index contributed by atoms with van der Waals surface area (Å²) in [5.41, 5.74) is -0.241. The maximum absolute atomic E-state index is 14.3. The summed E-state index contributed by atoms with van der Waals surface area (Å²) in [7, 11) is 1.06. The zero-order valence-electron chi connectivity index (χ0n) is 17.4. The van der Waals surface area contributed by atoms with E-state index in [0.29, 0.717) is 6.08 Å². The lowest BCUT2D eigenvalue weighted by Gasteiger charge is -2.18. The molecule has 0 aromatic heterocycles. The number of carbonyl (C=O) groups is 1. The minimum Gasteiger partial charge on any atom is -0.493 e. The Morgan fingerprint density at radius 1 is 1.06 bits per heavy atom. The number of benzene rings is 2. The third-order valence-corrected chi connectivity index (χ3v) is 3.88. The highest BCUT2D eigenvalue weighted by Gasteiger charge is 2.44. The van der Waals surface area contributed by atoms with Gasteiger partial charge in [0.2, 0.25) is 0 Å². The van der Waals surface area contributed by atoms with Crippen molar-refractivity contribution >= 4 is 12.0 Å². The fourth-order valence-electron chi connectivity index (χ4n) is 2.48. The van der Waals surface area contributed by atoms with Gasteiger partial charge in [-0.2, -0.15) is 17.6 Å². The summed E-state index contributed by atoms with van der Waals surface area (Å²) in [6.07, 6.45) is -8.25. The predicted octanol–water partition coefficient (Wildman–Crippen LogP) is 6.55. The molecule has 0 fully saturated rings. The van der Waals surface area contributed by atoms with Gasteiger partial charge in [0.05, 0.1) is 12.7 Å². The lowest BCUT2D eigenvalue weighted by molar-refractivity contribution is -0.253.